The van der Waals surface area contributed by atoms with Gasteiger partial charge in [0.2, 0.25) is 5.91 Å². The molecule has 7 heteroatoms. The molecule has 1 fully saturated rings. The SMILES string of the molecule is Cc1ccccc1-n1ccnc1SCC(=O)N1CCN(c2cc[nH+]cc2)CC1. The molecule has 2 aromatic heterocycles. The highest BCUT2D eigenvalue weighted by Crippen LogP contribution is 2.23. The van der Waals surface area contributed by atoms with Crippen LogP contribution in [0.4, 0.5) is 5.69 Å². The highest BCUT2D eigenvalue weighted by molar-refractivity contribution is 7.99. The first-order valence-electron chi connectivity index (χ1n) is 9.43. The molecule has 0 aliphatic carbocycles. The summed E-state index contributed by atoms with van der Waals surface area (Å²) in [6.45, 7) is 5.31. The number of nitrogens with one attached hydrogen (secondary N) is 1. The Labute approximate surface area is 169 Å². The number of hydrogen-bond acceptors (Lipinski definition) is 4. The second-order valence-electron chi connectivity index (χ2n) is 6.78. The highest BCUT2D eigenvalue weighted by Gasteiger charge is 2.22. The van der Waals surface area contributed by atoms with Crippen LogP contribution in [0.15, 0.2) is 66.3 Å². The molecule has 1 saturated heterocycles. The van der Waals surface area contributed by atoms with Gasteiger partial charge in [0.05, 0.1) is 11.4 Å². The number of hydrogen-bond donors (Lipinski definition) is 0. The number of aromatic amines is 1. The number of amides is 1. The van der Waals surface area contributed by atoms with E-state index >= 15 is 0 Å². The molecule has 0 spiro atoms. The Morgan fingerprint density at radius 3 is 2.61 bits per heavy atom. The smallest absolute Gasteiger partial charge is 0.233 e. The maximum Gasteiger partial charge on any atom is 0.233 e. The number of H-pyrrole nitrogens is 1. The van der Waals surface area contributed by atoms with Crippen molar-refractivity contribution < 1.29 is 9.78 Å². The molecule has 0 unspecified atom stereocenters. The van der Waals surface area contributed by atoms with E-state index in [9.17, 15) is 4.79 Å². The van der Waals surface area contributed by atoms with Gasteiger partial charge in [0.25, 0.3) is 0 Å². The summed E-state index contributed by atoms with van der Waals surface area (Å²) in [6.07, 6.45) is 7.60. The van der Waals surface area contributed by atoms with Crippen molar-refractivity contribution in [2.45, 2.75) is 12.1 Å². The quantitative estimate of drug-likeness (QED) is 0.624. The molecular weight excluding hydrogens is 370 g/mol. The Balaban J connectivity index is 1.34. The molecule has 1 N–H and O–H groups in total. The van der Waals surface area contributed by atoms with Crippen LogP contribution < -0.4 is 9.88 Å². The van der Waals surface area contributed by atoms with Crippen LogP contribution in [-0.2, 0) is 4.79 Å². The van der Waals surface area contributed by atoms with Gasteiger partial charge in [-0.1, -0.05) is 30.0 Å². The molecule has 0 bridgehead atoms. The first-order valence-corrected chi connectivity index (χ1v) is 10.4. The Morgan fingerprint density at radius 1 is 1.11 bits per heavy atom. The zero-order valence-corrected chi connectivity index (χ0v) is 16.7. The Bertz CT molecular complexity index is 935. The average molecular weight is 395 g/mol. The maximum atomic E-state index is 12.7. The van der Waals surface area contributed by atoms with Crippen LogP contribution in [0.2, 0.25) is 0 Å². The van der Waals surface area contributed by atoms with Crippen molar-refractivity contribution in [1.29, 1.82) is 0 Å². The van der Waals surface area contributed by atoms with Crippen LogP contribution in [0.1, 0.15) is 5.56 Å². The van der Waals surface area contributed by atoms with Crippen LogP contribution in [0.3, 0.4) is 0 Å². The fourth-order valence-corrected chi connectivity index (χ4v) is 4.30. The second-order valence-corrected chi connectivity index (χ2v) is 7.72. The number of thioether (sulfide) groups is 1. The van der Waals surface area contributed by atoms with Crippen molar-refractivity contribution in [1.82, 2.24) is 14.5 Å². The van der Waals surface area contributed by atoms with Gasteiger partial charge in [-0.3, -0.25) is 9.36 Å². The lowest BCUT2D eigenvalue weighted by Crippen LogP contribution is -2.49. The number of anilines is 1. The Kier molecular flexibility index (Phi) is 5.62. The van der Waals surface area contributed by atoms with E-state index in [2.05, 4.69) is 50.6 Å². The summed E-state index contributed by atoms with van der Waals surface area (Å²) in [5, 5.41) is 0.849. The molecular formula is C21H24N5OS+. The first-order chi connectivity index (χ1) is 13.7. The first kappa shape index (κ1) is 18.6. The Morgan fingerprint density at radius 2 is 1.86 bits per heavy atom. The molecule has 3 aromatic rings. The number of nitrogens with zero attached hydrogens (tertiary/aromatic N) is 4. The molecule has 3 heterocycles. The molecule has 28 heavy (non-hydrogen) atoms. The lowest BCUT2D eigenvalue weighted by molar-refractivity contribution is -0.377. The zero-order valence-electron chi connectivity index (χ0n) is 15.9. The fourth-order valence-electron chi connectivity index (χ4n) is 3.43. The minimum absolute atomic E-state index is 0.172. The topological polar surface area (TPSA) is 55.5 Å². The van der Waals surface area contributed by atoms with E-state index < -0.39 is 0 Å². The molecule has 0 saturated carbocycles. The molecule has 1 amide bonds. The lowest BCUT2D eigenvalue weighted by Gasteiger charge is -2.35. The van der Waals surface area contributed by atoms with Gasteiger partial charge in [-0.2, -0.15) is 0 Å². The van der Waals surface area contributed by atoms with Gasteiger partial charge in [0.1, 0.15) is 0 Å². The van der Waals surface area contributed by atoms with E-state index in [0.717, 1.165) is 37.0 Å². The monoisotopic (exact) mass is 394 g/mol. The Hall–Kier alpha value is -2.80. The number of rotatable bonds is 5. The van der Waals surface area contributed by atoms with Crippen molar-refractivity contribution in [3.05, 3.63) is 66.7 Å². The number of carbonyl (C=O) groups is 1. The minimum atomic E-state index is 0.172. The van der Waals surface area contributed by atoms with Crippen LogP contribution >= 0.6 is 11.8 Å². The average Bonchev–Trinajstić information content (AvgIpc) is 3.21. The number of pyridine rings is 1. The maximum absolute atomic E-state index is 12.7. The summed E-state index contributed by atoms with van der Waals surface area (Å²) < 4.78 is 2.05. The van der Waals surface area contributed by atoms with Crippen LogP contribution in [-0.4, -0.2) is 52.3 Å². The summed E-state index contributed by atoms with van der Waals surface area (Å²) in [5.74, 6) is 0.578. The van der Waals surface area contributed by atoms with Gasteiger partial charge < -0.3 is 9.80 Å². The van der Waals surface area contributed by atoms with Crippen molar-refractivity contribution in [2.24, 2.45) is 0 Å². The number of aromatic nitrogens is 3. The van der Waals surface area contributed by atoms with Crippen molar-refractivity contribution in [3.63, 3.8) is 0 Å². The molecule has 144 valence electrons. The summed E-state index contributed by atoms with van der Waals surface area (Å²) in [5.41, 5.74) is 3.48. The normalized spacial score (nSPS) is 14.3. The lowest BCUT2D eigenvalue weighted by atomic mass is 10.2. The third-order valence-corrected chi connectivity index (χ3v) is 5.96. The number of piperazine rings is 1. The van der Waals surface area contributed by atoms with E-state index in [4.69, 9.17) is 0 Å². The number of imidazole rings is 1. The summed E-state index contributed by atoms with van der Waals surface area (Å²) in [6, 6.07) is 12.3. The van der Waals surface area contributed by atoms with Gasteiger partial charge in [0.15, 0.2) is 17.6 Å². The third-order valence-electron chi connectivity index (χ3n) is 5.00. The van der Waals surface area contributed by atoms with Crippen LogP contribution in [0, 0.1) is 6.92 Å². The van der Waals surface area contributed by atoms with E-state index in [1.165, 1.54) is 23.0 Å². The summed E-state index contributed by atoms with van der Waals surface area (Å²) >= 11 is 1.50. The van der Waals surface area contributed by atoms with Crippen LogP contribution in [0.5, 0.6) is 0 Å². The molecule has 4 rings (SSSR count). The second kappa shape index (κ2) is 8.48. The van der Waals surface area contributed by atoms with E-state index in [-0.39, 0.29) is 5.91 Å². The number of aryl methyl sites for hydroxylation is 1. The predicted molar refractivity (Wildman–Crippen MR) is 111 cm³/mol. The number of para-hydroxylation sites is 1. The van der Waals surface area contributed by atoms with E-state index in [1.54, 1.807) is 6.20 Å². The molecule has 6 nitrogen and oxygen atoms in total. The molecule has 0 radical (unpaired) electrons. The number of benzene rings is 1. The third kappa shape index (κ3) is 4.04. The van der Waals surface area contributed by atoms with Crippen LogP contribution in [0.25, 0.3) is 5.69 Å². The van der Waals surface area contributed by atoms with Gasteiger partial charge in [-0.05, 0) is 18.6 Å². The van der Waals surface area contributed by atoms with Crippen molar-refractivity contribution in [3.8, 4) is 5.69 Å². The minimum Gasteiger partial charge on any atom is -0.368 e. The van der Waals surface area contributed by atoms with Gasteiger partial charge in [-0.15, -0.1) is 0 Å². The summed E-state index contributed by atoms with van der Waals surface area (Å²) in [7, 11) is 0. The fraction of sp³-hybridized carbons (Fsp3) is 0.286. The number of carbonyl (C=O) groups excluding carboxylic acids is 1. The van der Waals surface area contributed by atoms with E-state index in [0.29, 0.717) is 5.75 Å². The molecule has 1 aromatic carbocycles. The molecule has 1 aliphatic heterocycles. The predicted octanol–water partition coefficient (Wildman–Crippen LogP) is 2.44. The van der Waals surface area contributed by atoms with Crippen molar-refractivity contribution >= 4 is 23.4 Å². The van der Waals surface area contributed by atoms with Crippen molar-refractivity contribution in [2.75, 3.05) is 36.8 Å². The van der Waals surface area contributed by atoms with Gasteiger partial charge in [0, 0.05) is 56.4 Å². The standard InChI is InChI=1S/C21H23N5OS/c1-17-4-2-3-5-19(17)26-11-10-23-21(26)28-16-20(27)25-14-12-24(13-15-25)18-6-8-22-9-7-18/h2-11H,12-16H2,1H3/p+1. The summed E-state index contributed by atoms with van der Waals surface area (Å²) in [4.78, 5) is 24.5. The molecule has 1 aliphatic rings. The largest absolute Gasteiger partial charge is 0.368 e. The van der Waals surface area contributed by atoms with E-state index in [1.807, 2.05) is 35.6 Å². The van der Waals surface area contributed by atoms with Gasteiger partial charge in [-0.25, -0.2) is 9.97 Å². The molecule has 0 atom stereocenters. The zero-order chi connectivity index (χ0) is 19.3. The van der Waals surface area contributed by atoms with Gasteiger partial charge >= 0.3 is 0 Å². The highest BCUT2D eigenvalue weighted by atomic mass is 32.2.